The number of carboxylic acid groups (broad SMARTS) is 1. The Hall–Kier alpha value is -2.95. The van der Waals surface area contributed by atoms with E-state index in [1.165, 1.54) is 12.5 Å². The van der Waals surface area contributed by atoms with Gasteiger partial charge in [-0.25, -0.2) is 9.78 Å². The molecule has 192 valence electrons. The zero-order chi connectivity index (χ0) is 26.0. The van der Waals surface area contributed by atoms with E-state index in [1.54, 1.807) is 20.8 Å². The van der Waals surface area contributed by atoms with Gasteiger partial charge in [-0.05, 0) is 24.2 Å². The third-order valence-corrected chi connectivity index (χ3v) is 5.70. The van der Waals surface area contributed by atoms with Crippen molar-refractivity contribution in [3.8, 4) is 0 Å². The number of carbonyl (C=O) groups excluding carboxylic acids is 3. The number of carboxylic acids is 1. The number of carbonyl (C=O) groups is 4. The van der Waals surface area contributed by atoms with E-state index in [4.69, 9.17) is 5.73 Å². The summed E-state index contributed by atoms with van der Waals surface area (Å²) in [5.41, 5.74) is 6.54. The summed E-state index contributed by atoms with van der Waals surface area (Å²) in [5, 5.41) is 17.4. The Morgan fingerprint density at radius 3 is 2.09 bits per heavy atom. The molecule has 0 spiro atoms. The average Bonchev–Trinajstić information content (AvgIpc) is 3.26. The number of aromatic nitrogens is 2. The van der Waals surface area contributed by atoms with E-state index in [-0.39, 0.29) is 24.2 Å². The fraction of sp³-hybridized carbons (Fsp3) is 0.696. The lowest BCUT2D eigenvalue weighted by atomic mass is 9.98. The zero-order valence-corrected chi connectivity index (χ0v) is 20.9. The van der Waals surface area contributed by atoms with E-state index in [2.05, 4.69) is 25.9 Å². The molecule has 0 aliphatic heterocycles. The maximum absolute atomic E-state index is 13.1. The first kappa shape index (κ1) is 29.1. The molecular formula is C23H40N6O5. The second-order valence-corrected chi connectivity index (χ2v) is 9.52. The van der Waals surface area contributed by atoms with Gasteiger partial charge in [0.1, 0.15) is 18.1 Å². The fourth-order valence-corrected chi connectivity index (χ4v) is 3.43. The second kappa shape index (κ2) is 13.7. The Bertz CT molecular complexity index is 811. The molecule has 7 N–H and O–H groups in total. The van der Waals surface area contributed by atoms with Crippen molar-refractivity contribution in [3.63, 3.8) is 0 Å². The smallest absolute Gasteiger partial charge is 0.326 e. The summed E-state index contributed by atoms with van der Waals surface area (Å²) in [6, 6.07) is -3.87. The maximum Gasteiger partial charge on any atom is 0.326 e. The Morgan fingerprint density at radius 2 is 1.62 bits per heavy atom. The third kappa shape index (κ3) is 9.12. The van der Waals surface area contributed by atoms with E-state index >= 15 is 0 Å². The number of aliphatic carboxylic acids is 1. The molecule has 0 fully saturated rings. The summed E-state index contributed by atoms with van der Waals surface area (Å²) >= 11 is 0. The Balaban J connectivity index is 3.05. The minimum Gasteiger partial charge on any atom is -0.480 e. The molecule has 0 radical (unpaired) electrons. The number of imidazole rings is 1. The number of nitrogens with zero attached hydrogens (tertiary/aromatic N) is 1. The summed E-state index contributed by atoms with van der Waals surface area (Å²) in [4.78, 5) is 57.2. The Kier molecular flexibility index (Phi) is 11.7. The molecule has 0 bridgehead atoms. The summed E-state index contributed by atoms with van der Waals surface area (Å²) in [6.07, 6.45) is 4.04. The Morgan fingerprint density at radius 1 is 1.00 bits per heavy atom. The van der Waals surface area contributed by atoms with Crippen LogP contribution in [0.25, 0.3) is 0 Å². The largest absolute Gasteiger partial charge is 0.480 e. The van der Waals surface area contributed by atoms with E-state index in [1.807, 2.05) is 20.8 Å². The van der Waals surface area contributed by atoms with E-state index in [0.29, 0.717) is 18.5 Å². The van der Waals surface area contributed by atoms with Crippen LogP contribution in [0.1, 0.15) is 60.1 Å². The van der Waals surface area contributed by atoms with Crippen LogP contribution in [-0.2, 0) is 25.6 Å². The number of rotatable bonds is 14. The van der Waals surface area contributed by atoms with Gasteiger partial charge in [0, 0.05) is 18.3 Å². The number of aromatic amines is 1. The molecule has 5 atom stereocenters. The number of hydrogen-bond acceptors (Lipinski definition) is 6. The zero-order valence-electron chi connectivity index (χ0n) is 20.9. The molecule has 11 heteroatoms. The average molecular weight is 481 g/mol. The molecule has 1 rings (SSSR count). The highest BCUT2D eigenvalue weighted by molar-refractivity contribution is 5.94. The lowest BCUT2D eigenvalue weighted by Crippen LogP contribution is -2.59. The van der Waals surface area contributed by atoms with E-state index in [0.717, 1.165) is 0 Å². The van der Waals surface area contributed by atoms with Crippen LogP contribution >= 0.6 is 0 Å². The highest BCUT2D eigenvalue weighted by Gasteiger charge is 2.33. The fourth-order valence-electron chi connectivity index (χ4n) is 3.43. The van der Waals surface area contributed by atoms with Gasteiger partial charge in [-0.15, -0.1) is 0 Å². The predicted molar refractivity (Wildman–Crippen MR) is 127 cm³/mol. The van der Waals surface area contributed by atoms with E-state index in [9.17, 15) is 24.3 Å². The number of nitrogens with two attached hydrogens (primary N) is 1. The van der Waals surface area contributed by atoms with Crippen LogP contribution in [-0.4, -0.2) is 62.9 Å². The molecule has 34 heavy (non-hydrogen) atoms. The van der Waals surface area contributed by atoms with Crippen LogP contribution < -0.4 is 21.7 Å². The van der Waals surface area contributed by atoms with Crippen molar-refractivity contribution < 1.29 is 24.3 Å². The lowest BCUT2D eigenvalue weighted by molar-refractivity contribution is -0.143. The normalized spacial score (nSPS) is 15.8. The molecule has 3 amide bonds. The van der Waals surface area contributed by atoms with Crippen molar-refractivity contribution in [2.24, 2.45) is 23.5 Å². The molecule has 0 aliphatic carbocycles. The van der Waals surface area contributed by atoms with Crippen molar-refractivity contribution in [2.75, 3.05) is 0 Å². The predicted octanol–water partition coefficient (Wildman–Crippen LogP) is 0.567. The van der Waals surface area contributed by atoms with Gasteiger partial charge in [0.2, 0.25) is 17.7 Å². The number of H-pyrrole nitrogens is 1. The summed E-state index contributed by atoms with van der Waals surface area (Å²) in [5.74, 6) is -3.17. The quantitative estimate of drug-likeness (QED) is 0.225. The lowest BCUT2D eigenvalue weighted by Gasteiger charge is -2.28. The molecule has 11 nitrogen and oxygen atoms in total. The van der Waals surface area contributed by atoms with Crippen LogP contribution in [0, 0.1) is 17.8 Å². The molecule has 1 aromatic rings. The summed E-state index contributed by atoms with van der Waals surface area (Å²) in [7, 11) is 0. The van der Waals surface area contributed by atoms with Gasteiger partial charge >= 0.3 is 5.97 Å². The van der Waals surface area contributed by atoms with Gasteiger partial charge in [0.25, 0.3) is 0 Å². The molecule has 0 saturated carbocycles. The van der Waals surface area contributed by atoms with Crippen LogP contribution in [0.15, 0.2) is 12.5 Å². The van der Waals surface area contributed by atoms with Crippen LogP contribution in [0.4, 0.5) is 0 Å². The first-order valence-electron chi connectivity index (χ1n) is 11.7. The van der Waals surface area contributed by atoms with Crippen molar-refractivity contribution in [1.29, 1.82) is 0 Å². The van der Waals surface area contributed by atoms with Crippen molar-refractivity contribution in [3.05, 3.63) is 18.2 Å². The van der Waals surface area contributed by atoms with Gasteiger partial charge in [-0.2, -0.15) is 0 Å². The SMILES string of the molecule is CC[C@H](C)[C@H](NC(=O)[C@H](Cc1cnc[nH]1)NC(=O)[C@@H](NC(=O)[C@@H](N)CC(C)C)C(C)C)C(=O)O. The highest BCUT2D eigenvalue weighted by atomic mass is 16.4. The molecule has 1 aromatic heterocycles. The van der Waals surface area contributed by atoms with Gasteiger partial charge in [-0.3, -0.25) is 14.4 Å². The molecular weight excluding hydrogens is 440 g/mol. The van der Waals surface area contributed by atoms with Crippen molar-refractivity contribution in [1.82, 2.24) is 25.9 Å². The first-order chi connectivity index (χ1) is 15.9. The van der Waals surface area contributed by atoms with Gasteiger partial charge in [0.05, 0.1) is 12.4 Å². The summed E-state index contributed by atoms with van der Waals surface area (Å²) < 4.78 is 0. The molecule has 0 saturated heterocycles. The molecule has 0 aromatic carbocycles. The minimum absolute atomic E-state index is 0.0655. The second-order valence-electron chi connectivity index (χ2n) is 9.52. The molecule has 0 aliphatic rings. The number of nitrogens with one attached hydrogen (secondary N) is 4. The summed E-state index contributed by atoms with van der Waals surface area (Å²) in [6.45, 7) is 11.0. The van der Waals surface area contributed by atoms with Crippen molar-refractivity contribution in [2.45, 2.75) is 85.0 Å². The van der Waals surface area contributed by atoms with Crippen molar-refractivity contribution >= 4 is 23.7 Å². The van der Waals surface area contributed by atoms with Crippen LogP contribution in [0.2, 0.25) is 0 Å². The number of amides is 3. The third-order valence-electron chi connectivity index (χ3n) is 5.70. The van der Waals surface area contributed by atoms with Crippen LogP contribution in [0.3, 0.4) is 0 Å². The molecule has 0 unspecified atom stereocenters. The van der Waals surface area contributed by atoms with Gasteiger partial charge < -0.3 is 31.8 Å². The first-order valence-corrected chi connectivity index (χ1v) is 11.7. The Labute approximate surface area is 201 Å². The van der Waals surface area contributed by atoms with Crippen LogP contribution in [0.5, 0.6) is 0 Å². The van der Waals surface area contributed by atoms with Gasteiger partial charge in [-0.1, -0.05) is 48.0 Å². The highest BCUT2D eigenvalue weighted by Crippen LogP contribution is 2.11. The van der Waals surface area contributed by atoms with E-state index < -0.39 is 47.9 Å². The molecule has 1 heterocycles. The minimum atomic E-state index is -1.15. The number of hydrogen-bond donors (Lipinski definition) is 6. The standard InChI is InChI=1S/C23H40N6O5/c1-7-14(6)19(23(33)34)29-21(31)17(9-15-10-25-11-26-15)27-22(32)18(13(4)5)28-20(30)16(24)8-12(2)3/h10-14,16-19H,7-9,24H2,1-6H3,(H,25,26)(H,27,32)(H,28,30)(H,29,31)(H,33,34)/t14-,16-,17-,18-,19-/m0/s1. The van der Waals surface area contributed by atoms with Gasteiger partial charge in [0.15, 0.2) is 0 Å². The topological polar surface area (TPSA) is 179 Å². The monoisotopic (exact) mass is 480 g/mol. The maximum atomic E-state index is 13.1.